The topological polar surface area (TPSA) is 167 Å². The summed E-state index contributed by atoms with van der Waals surface area (Å²) >= 11 is 0. The maximum Gasteiger partial charge on any atom is 0.316 e. The highest BCUT2D eigenvalue weighted by molar-refractivity contribution is 6.03. The average Bonchev–Trinajstić information content (AvgIpc) is 3.58. The maximum absolute atomic E-state index is 14.3. The molecule has 2 N–H and O–H groups in total. The molecule has 19 atom stereocenters. The summed E-state index contributed by atoms with van der Waals surface area (Å²) in [5.74, 6) is -3.08. The van der Waals surface area contributed by atoms with Crippen molar-refractivity contribution in [3.05, 3.63) is 59.3 Å². The smallest absolute Gasteiger partial charge is 0.316 e. The molecule has 7 aliphatic rings. The van der Waals surface area contributed by atoms with Gasteiger partial charge in [0.25, 0.3) is 0 Å². The molecule has 14 heteroatoms. The van der Waals surface area contributed by atoms with E-state index in [-0.39, 0.29) is 42.7 Å². The Morgan fingerprint density at radius 2 is 1.61 bits per heavy atom. The van der Waals surface area contributed by atoms with E-state index in [9.17, 15) is 19.8 Å². The number of carbonyl (C=O) groups excluding carboxylic acids is 2. The van der Waals surface area contributed by atoms with Gasteiger partial charge in [-0.2, -0.15) is 0 Å². The van der Waals surface area contributed by atoms with Gasteiger partial charge in [-0.1, -0.05) is 70.6 Å². The minimum atomic E-state index is -1.94. The van der Waals surface area contributed by atoms with E-state index in [0.717, 1.165) is 12.0 Å². The van der Waals surface area contributed by atoms with Crippen LogP contribution in [0.5, 0.6) is 0 Å². The lowest BCUT2D eigenvalue weighted by Gasteiger charge is -2.48. The monoisotopic (exact) mass is 870 g/mol. The van der Waals surface area contributed by atoms with Crippen molar-refractivity contribution in [2.45, 2.75) is 185 Å². The normalized spacial score (nSPS) is 45.8. The maximum atomic E-state index is 14.3. The van der Waals surface area contributed by atoms with Gasteiger partial charge in [0.1, 0.15) is 29.8 Å². The molecule has 0 radical (unpaired) electrons. The summed E-state index contributed by atoms with van der Waals surface area (Å²) in [6, 6.07) is 0. The van der Waals surface area contributed by atoms with Crippen molar-refractivity contribution < 1.29 is 67.2 Å². The number of fused-ring (bicyclic) bond motifs is 2. The predicted octanol–water partition coefficient (Wildman–Crippen LogP) is 5.59. The lowest BCUT2D eigenvalue weighted by molar-refractivity contribution is -0.318. The number of methoxy groups -OCH3 is 2. The van der Waals surface area contributed by atoms with Gasteiger partial charge in [-0.3, -0.25) is 9.59 Å². The zero-order valence-electron chi connectivity index (χ0n) is 38.1. The summed E-state index contributed by atoms with van der Waals surface area (Å²) < 4.78 is 63.5. The molecule has 19 unspecified atom stereocenters. The first-order chi connectivity index (χ1) is 29.5. The Kier molecular flexibility index (Phi) is 14.9. The molecular formula is C48H70O14. The Hall–Kier alpha value is -2.60. The van der Waals surface area contributed by atoms with Gasteiger partial charge in [-0.15, -0.1) is 0 Å². The minimum Gasteiger partial charge on any atom is -0.462 e. The molecule has 346 valence electrons. The van der Waals surface area contributed by atoms with Gasteiger partial charge in [-0.25, -0.2) is 0 Å². The number of ketones is 1. The van der Waals surface area contributed by atoms with E-state index in [4.69, 9.17) is 47.4 Å². The van der Waals surface area contributed by atoms with E-state index in [1.54, 1.807) is 34.1 Å². The fraction of sp³-hybridized carbons (Fsp3) is 0.750. The summed E-state index contributed by atoms with van der Waals surface area (Å²) in [5.41, 5.74) is -0.233. The molecule has 14 nitrogen and oxygen atoms in total. The number of esters is 1. The predicted molar refractivity (Wildman–Crippen MR) is 226 cm³/mol. The molecule has 6 heterocycles. The van der Waals surface area contributed by atoms with Gasteiger partial charge in [0.2, 0.25) is 0 Å². The van der Waals surface area contributed by atoms with Gasteiger partial charge in [-0.05, 0) is 62.8 Å². The van der Waals surface area contributed by atoms with Gasteiger partial charge in [0.15, 0.2) is 30.3 Å². The summed E-state index contributed by atoms with van der Waals surface area (Å²) in [6.45, 7) is 15.9. The van der Waals surface area contributed by atoms with Crippen LogP contribution in [0.25, 0.3) is 0 Å². The lowest BCUT2D eigenvalue weighted by atomic mass is 9.71. The second kappa shape index (κ2) is 19.5. The molecule has 1 aliphatic carbocycles. The van der Waals surface area contributed by atoms with E-state index in [1.165, 1.54) is 6.08 Å². The van der Waals surface area contributed by atoms with Crippen molar-refractivity contribution in [2.75, 3.05) is 20.8 Å². The third kappa shape index (κ3) is 9.53. The number of ether oxygens (including phenoxy) is 10. The Morgan fingerprint density at radius 3 is 2.34 bits per heavy atom. The molecule has 0 saturated carbocycles. The number of hydrogen-bond donors (Lipinski definition) is 2. The lowest BCUT2D eigenvalue weighted by Crippen LogP contribution is -2.57. The number of hydrogen-bond acceptors (Lipinski definition) is 14. The summed E-state index contributed by atoms with van der Waals surface area (Å²) in [5, 5.41) is 23.0. The highest BCUT2D eigenvalue weighted by Gasteiger charge is 2.60. The number of rotatable bonds is 8. The van der Waals surface area contributed by atoms with Gasteiger partial charge >= 0.3 is 5.97 Å². The van der Waals surface area contributed by atoms with E-state index in [0.29, 0.717) is 36.8 Å². The molecular weight excluding hydrogens is 801 g/mol. The van der Waals surface area contributed by atoms with Gasteiger partial charge in [0, 0.05) is 51.7 Å². The standard InChI is InChI=1S/C48H70O14/c1-11-25(2)43-28(5)17-18-47(62-43)23-34-20-33(61-47)16-15-27(4)42(26(3)13-12-14-32-24-55-45-40(49)29(6)19-35(46(51)58-34)48(32,45)52)59-39-22-37(54-10)44(31(8)57-39)60-38-21-36(53-9)41(50)30(7)56-38/h12-15,17-19,25-26,28,30-31,33-39,41-45,50,52H,11,16,20-24H2,1-10H3. The van der Waals surface area contributed by atoms with Crippen LogP contribution >= 0.6 is 0 Å². The first kappa shape index (κ1) is 47.4. The van der Waals surface area contributed by atoms with Crippen molar-refractivity contribution in [1.82, 2.24) is 0 Å². The molecule has 4 fully saturated rings. The molecule has 0 aromatic rings. The van der Waals surface area contributed by atoms with Gasteiger partial charge in [0.05, 0.1) is 49.3 Å². The fourth-order valence-electron chi connectivity index (χ4n) is 10.4. The van der Waals surface area contributed by atoms with Crippen molar-refractivity contribution >= 4 is 11.8 Å². The Labute approximate surface area is 366 Å². The van der Waals surface area contributed by atoms with Crippen LogP contribution in [-0.2, 0) is 57.0 Å². The molecule has 4 saturated heterocycles. The zero-order chi connectivity index (χ0) is 44.7. The van der Waals surface area contributed by atoms with E-state index < -0.39 is 96.9 Å². The molecule has 6 aliphatic heterocycles. The minimum absolute atomic E-state index is 0.0291. The fourth-order valence-corrected chi connectivity index (χ4v) is 10.4. The number of aliphatic hydroxyl groups excluding tert-OH is 1. The largest absolute Gasteiger partial charge is 0.462 e. The second-order valence-corrected chi connectivity index (χ2v) is 18.8. The average molecular weight is 871 g/mol. The Bertz CT molecular complexity index is 1770. The first-order valence-corrected chi connectivity index (χ1v) is 22.7. The summed E-state index contributed by atoms with van der Waals surface area (Å²) in [6.07, 6.45) is 9.06. The second-order valence-electron chi connectivity index (χ2n) is 18.8. The number of allylic oxidation sites excluding steroid dienone is 2. The van der Waals surface area contributed by atoms with Crippen LogP contribution < -0.4 is 0 Å². The Balaban J connectivity index is 1.18. The molecule has 1 spiro atoms. The third-order valence-electron chi connectivity index (χ3n) is 14.3. The number of Topliss-reactive ketones (excluding diaryl/α,β-unsaturated/α-hetero) is 1. The van der Waals surface area contributed by atoms with Crippen molar-refractivity contribution in [2.24, 2.45) is 23.7 Å². The van der Waals surface area contributed by atoms with E-state index >= 15 is 0 Å². The summed E-state index contributed by atoms with van der Waals surface area (Å²) in [4.78, 5) is 27.7. The quantitative estimate of drug-likeness (QED) is 0.229. The van der Waals surface area contributed by atoms with Crippen molar-refractivity contribution in [1.29, 1.82) is 0 Å². The highest BCUT2D eigenvalue weighted by Crippen LogP contribution is 2.46. The van der Waals surface area contributed by atoms with Crippen molar-refractivity contribution in [3.8, 4) is 0 Å². The van der Waals surface area contributed by atoms with Crippen LogP contribution in [-0.4, -0.2) is 134 Å². The summed E-state index contributed by atoms with van der Waals surface area (Å²) in [7, 11) is 3.21. The first-order valence-electron chi connectivity index (χ1n) is 22.7. The van der Waals surface area contributed by atoms with Gasteiger partial charge < -0.3 is 57.6 Å². The molecule has 2 bridgehead atoms. The highest BCUT2D eigenvalue weighted by atomic mass is 16.7. The SMILES string of the molecule is CCC(C)C1OC2(C=CC1C)CC1CC(CC=C(C)C(OC3CC(OC)C(OC4CC(OC)C(O)C(C)O4)C(C)O3)C(C)C=CC=C3COC4C(=O)C(C)=CC(C(=O)O1)C34O)O2. The van der Waals surface area contributed by atoms with E-state index in [1.807, 2.05) is 39.0 Å². The molecule has 7 rings (SSSR count). The third-order valence-corrected chi connectivity index (χ3v) is 14.3. The van der Waals surface area contributed by atoms with Crippen molar-refractivity contribution in [3.63, 3.8) is 0 Å². The molecule has 0 aromatic carbocycles. The zero-order valence-corrected chi connectivity index (χ0v) is 38.1. The molecule has 62 heavy (non-hydrogen) atoms. The number of aliphatic hydroxyl groups is 2. The van der Waals surface area contributed by atoms with Crippen LogP contribution in [0.15, 0.2) is 59.3 Å². The van der Waals surface area contributed by atoms with Crippen LogP contribution in [0, 0.1) is 23.7 Å². The van der Waals surface area contributed by atoms with Crippen LogP contribution in [0.2, 0.25) is 0 Å². The van der Waals surface area contributed by atoms with E-state index in [2.05, 4.69) is 32.9 Å². The molecule has 0 aromatic heterocycles. The Morgan fingerprint density at radius 1 is 0.903 bits per heavy atom. The van der Waals surface area contributed by atoms with Crippen LogP contribution in [0.4, 0.5) is 0 Å². The van der Waals surface area contributed by atoms with Crippen LogP contribution in [0.3, 0.4) is 0 Å². The number of carbonyl (C=O) groups is 2. The molecule has 0 amide bonds. The van der Waals surface area contributed by atoms with Crippen LogP contribution in [0.1, 0.15) is 93.9 Å².